The minimum absolute atomic E-state index is 0.0757. The summed E-state index contributed by atoms with van der Waals surface area (Å²) in [7, 11) is 0. The predicted octanol–water partition coefficient (Wildman–Crippen LogP) is 3.10. The molecule has 0 unspecified atom stereocenters. The average molecular weight is 310 g/mol. The number of ether oxygens (including phenoxy) is 2. The minimum Gasteiger partial charge on any atom is -0.454 e. The van der Waals surface area contributed by atoms with Crippen LogP contribution in [0.5, 0.6) is 11.5 Å². The van der Waals surface area contributed by atoms with Gasteiger partial charge < -0.3 is 14.8 Å². The van der Waals surface area contributed by atoms with Crippen LogP contribution in [-0.4, -0.2) is 12.7 Å². The standard InChI is InChI=1S/C17H11FN2O3/c18-13-2-4-14(5-3-13)20-17(21)12(9-19)7-11-1-6-15-16(8-11)23-10-22-15/h1-8H,10H2,(H,20,21)/b12-7-. The molecule has 0 saturated heterocycles. The van der Waals surface area contributed by atoms with Crippen LogP contribution in [0.15, 0.2) is 48.0 Å². The number of hydrogen-bond acceptors (Lipinski definition) is 4. The van der Waals surface area contributed by atoms with Crippen LogP contribution in [0, 0.1) is 17.1 Å². The van der Waals surface area contributed by atoms with Gasteiger partial charge in [-0.25, -0.2) is 4.39 Å². The molecular formula is C17H11FN2O3. The number of nitriles is 1. The highest BCUT2D eigenvalue weighted by molar-refractivity contribution is 6.09. The van der Waals surface area contributed by atoms with E-state index in [0.717, 1.165) is 0 Å². The lowest BCUT2D eigenvalue weighted by Gasteiger charge is -2.04. The van der Waals surface area contributed by atoms with E-state index in [9.17, 15) is 14.4 Å². The molecule has 2 aromatic carbocycles. The van der Waals surface area contributed by atoms with E-state index in [0.29, 0.717) is 22.7 Å². The van der Waals surface area contributed by atoms with E-state index in [2.05, 4.69) is 5.32 Å². The molecule has 1 aliphatic rings. The molecule has 5 nitrogen and oxygen atoms in total. The van der Waals surface area contributed by atoms with Crippen LogP contribution in [0.1, 0.15) is 5.56 Å². The minimum atomic E-state index is -0.572. The van der Waals surface area contributed by atoms with E-state index >= 15 is 0 Å². The summed E-state index contributed by atoms with van der Waals surface area (Å²) < 4.78 is 23.3. The number of carbonyl (C=O) groups is 1. The first-order valence-electron chi connectivity index (χ1n) is 6.74. The molecule has 0 bridgehead atoms. The molecule has 114 valence electrons. The zero-order chi connectivity index (χ0) is 16.2. The summed E-state index contributed by atoms with van der Waals surface area (Å²) in [5.41, 5.74) is 0.969. The fourth-order valence-electron chi connectivity index (χ4n) is 2.05. The van der Waals surface area contributed by atoms with Crippen molar-refractivity contribution in [2.75, 3.05) is 12.1 Å². The van der Waals surface area contributed by atoms with Gasteiger partial charge in [-0.1, -0.05) is 6.07 Å². The second-order valence-corrected chi connectivity index (χ2v) is 4.74. The molecule has 0 aliphatic carbocycles. The van der Waals surface area contributed by atoms with Crippen LogP contribution < -0.4 is 14.8 Å². The lowest BCUT2D eigenvalue weighted by molar-refractivity contribution is -0.112. The molecule has 0 spiro atoms. The second-order valence-electron chi connectivity index (χ2n) is 4.74. The Morgan fingerprint density at radius 2 is 1.91 bits per heavy atom. The van der Waals surface area contributed by atoms with Gasteiger partial charge in [-0.2, -0.15) is 5.26 Å². The number of hydrogen-bond donors (Lipinski definition) is 1. The SMILES string of the molecule is N#C/C(=C/c1ccc2c(c1)OCO2)C(=O)Nc1ccc(F)cc1. The third-order valence-corrected chi connectivity index (χ3v) is 3.17. The highest BCUT2D eigenvalue weighted by atomic mass is 19.1. The van der Waals surface area contributed by atoms with Crippen molar-refractivity contribution in [1.82, 2.24) is 0 Å². The summed E-state index contributed by atoms with van der Waals surface area (Å²) in [6.07, 6.45) is 1.45. The smallest absolute Gasteiger partial charge is 0.266 e. The lowest BCUT2D eigenvalue weighted by atomic mass is 10.1. The molecule has 0 radical (unpaired) electrons. The summed E-state index contributed by atoms with van der Waals surface area (Å²) >= 11 is 0. The maximum absolute atomic E-state index is 12.8. The molecule has 3 rings (SSSR count). The number of fused-ring (bicyclic) bond motifs is 1. The Morgan fingerprint density at radius 3 is 2.65 bits per heavy atom. The molecular weight excluding hydrogens is 299 g/mol. The van der Waals surface area contributed by atoms with Gasteiger partial charge in [-0.3, -0.25) is 4.79 Å². The van der Waals surface area contributed by atoms with Gasteiger partial charge in [-0.15, -0.1) is 0 Å². The second kappa shape index (κ2) is 6.20. The van der Waals surface area contributed by atoms with Gasteiger partial charge in [0.25, 0.3) is 5.91 Å². The molecule has 0 saturated carbocycles. The lowest BCUT2D eigenvalue weighted by Crippen LogP contribution is -2.13. The van der Waals surface area contributed by atoms with Crippen molar-refractivity contribution in [3.05, 3.63) is 59.4 Å². The van der Waals surface area contributed by atoms with Gasteiger partial charge >= 0.3 is 0 Å². The Hall–Kier alpha value is -3.33. The molecule has 1 amide bonds. The number of nitrogens with one attached hydrogen (secondary N) is 1. The van der Waals surface area contributed by atoms with Gasteiger partial charge in [0.1, 0.15) is 17.5 Å². The number of amides is 1. The van der Waals surface area contributed by atoms with Gasteiger partial charge in [0.15, 0.2) is 11.5 Å². The van der Waals surface area contributed by atoms with E-state index in [-0.39, 0.29) is 12.4 Å². The van der Waals surface area contributed by atoms with E-state index in [1.807, 2.05) is 6.07 Å². The van der Waals surface area contributed by atoms with E-state index in [4.69, 9.17) is 9.47 Å². The predicted molar refractivity (Wildman–Crippen MR) is 81.2 cm³/mol. The van der Waals surface area contributed by atoms with Crippen LogP contribution in [-0.2, 0) is 4.79 Å². The summed E-state index contributed by atoms with van der Waals surface area (Å²) in [5, 5.41) is 11.7. The molecule has 1 N–H and O–H groups in total. The van der Waals surface area contributed by atoms with Gasteiger partial charge in [0, 0.05) is 5.69 Å². The molecule has 6 heteroatoms. The van der Waals surface area contributed by atoms with Crippen LogP contribution >= 0.6 is 0 Å². The van der Waals surface area contributed by atoms with E-state index in [1.165, 1.54) is 30.3 Å². The van der Waals surface area contributed by atoms with Crippen LogP contribution in [0.3, 0.4) is 0 Å². The van der Waals surface area contributed by atoms with Crippen molar-refractivity contribution in [2.24, 2.45) is 0 Å². The van der Waals surface area contributed by atoms with E-state index < -0.39 is 11.7 Å². The number of benzene rings is 2. The Balaban J connectivity index is 1.80. The Morgan fingerprint density at radius 1 is 1.17 bits per heavy atom. The highest BCUT2D eigenvalue weighted by Gasteiger charge is 2.14. The van der Waals surface area contributed by atoms with Gasteiger partial charge in [0.05, 0.1) is 0 Å². The number of halogens is 1. The molecule has 0 aromatic heterocycles. The largest absolute Gasteiger partial charge is 0.454 e. The Kier molecular flexibility index (Phi) is 3.93. The van der Waals surface area contributed by atoms with Crippen LogP contribution in [0.4, 0.5) is 10.1 Å². The van der Waals surface area contributed by atoms with Crippen LogP contribution in [0.25, 0.3) is 6.08 Å². The molecule has 1 heterocycles. The first kappa shape index (κ1) is 14.6. The summed E-state index contributed by atoms with van der Waals surface area (Å²) in [5.74, 6) is 0.211. The first-order chi connectivity index (χ1) is 11.2. The van der Waals surface area contributed by atoms with Crippen molar-refractivity contribution in [1.29, 1.82) is 5.26 Å². The topological polar surface area (TPSA) is 71.3 Å². The van der Waals surface area contributed by atoms with E-state index in [1.54, 1.807) is 18.2 Å². The molecule has 0 atom stereocenters. The zero-order valence-electron chi connectivity index (χ0n) is 11.9. The fraction of sp³-hybridized carbons (Fsp3) is 0.0588. The monoisotopic (exact) mass is 310 g/mol. The first-order valence-corrected chi connectivity index (χ1v) is 6.74. The number of rotatable bonds is 3. The zero-order valence-corrected chi connectivity index (χ0v) is 11.9. The fourth-order valence-corrected chi connectivity index (χ4v) is 2.05. The van der Waals surface area contributed by atoms with Crippen molar-refractivity contribution < 1.29 is 18.7 Å². The van der Waals surface area contributed by atoms with Crippen molar-refractivity contribution in [3.8, 4) is 17.6 Å². The van der Waals surface area contributed by atoms with Crippen LogP contribution in [0.2, 0.25) is 0 Å². The third kappa shape index (κ3) is 3.30. The van der Waals surface area contributed by atoms with Crippen molar-refractivity contribution in [3.63, 3.8) is 0 Å². The maximum atomic E-state index is 12.8. The quantitative estimate of drug-likeness (QED) is 0.698. The van der Waals surface area contributed by atoms with Gasteiger partial charge in [0.2, 0.25) is 6.79 Å². The van der Waals surface area contributed by atoms with Crippen molar-refractivity contribution in [2.45, 2.75) is 0 Å². The summed E-state index contributed by atoms with van der Waals surface area (Å²) in [6.45, 7) is 0.151. The Bertz CT molecular complexity index is 823. The average Bonchev–Trinajstić information content (AvgIpc) is 3.02. The normalized spacial score (nSPS) is 12.6. The summed E-state index contributed by atoms with van der Waals surface area (Å²) in [6, 6.07) is 12.3. The van der Waals surface area contributed by atoms with Gasteiger partial charge in [-0.05, 0) is 48.0 Å². The summed E-state index contributed by atoms with van der Waals surface area (Å²) in [4.78, 5) is 12.1. The third-order valence-electron chi connectivity index (χ3n) is 3.17. The number of anilines is 1. The number of nitrogens with zero attached hydrogens (tertiary/aromatic N) is 1. The molecule has 1 aliphatic heterocycles. The molecule has 0 fully saturated rings. The Labute approximate surface area is 131 Å². The highest BCUT2D eigenvalue weighted by Crippen LogP contribution is 2.33. The van der Waals surface area contributed by atoms with Crippen molar-refractivity contribution >= 4 is 17.7 Å². The molecule has 2 aromatic rings. The molecule has 23 heavy (non-hydrogen) atoms. The number of carbonyl (C=O) groups excluding carboxylic acids is 1. The maximum Gasteiger partial charge on any atom is 0.266 e.